The summed E-state index contributed by atoms with van der Waals surface area (Å²) >= 11 is 0. The van der Waals surface area contributed by atoms with Crippen LogP contribution in [-0.4, -0.2) is 60.4 Å². The summed E-state index contributed by atoms with van der Waals surface area (Å²) in [6, 6.07) is 14.4. The minimum Gasteiger partial charge on any atom is -0.388 e. The number of aliphatic hydroxyl groups is 1. The molecular formula is C23H27N3O4. The number of likely N-dealkylation sites (N-methyl/N-ethyl adjacent to an activating group) is 2. The maximum absolute atomic E-state index is 12.8. The Labute approximate surface area is 176 Å². The lowest BCUT2D eigenvalue weighted by Gasteiger charge is -2.27. The van der Waals surface area contributed by atoms with Gasteiger partial charge in [0, 0.05) is 31.4 Å². The SMILES string of the molecule is CNC(=O)C(C(=O)CO)N(C)C(=O)c1ccc(-c2ccc(NC3CCC3)cc2)cc1. The van der Waals surface area contributed by atoms with E-state index >= 15 is 0 Å². The molecule has 0 saturated heterocycles. The van der Waals surface area contributed by atoms with E-state index in [2.05, 4.69) is 22.8 Å². The van der Waals surface area contributed by atoms with Crippen molar-refractivity contribution >= 4 is 23.3 Å². The summed E-state index contributed by atoms with van der Waals surface area (Å²) in [5.41, 5.74) is 3.44. The second kappa shape index (κ2) is 9.54. The van der Waals surface area contributed by atoms with Crippen LogP contribution in [0.15, 0.2) is 48.5 Å². The summed E-state index contributed by atoms with van der Waals surface area (Å²) in [7, 11) is 2.75. The molecule has 2 aromatic rings. The molecular weight excluding hydrogens is 382 g/mol. The van der Waals surface area contributed by atoms with Crippen molar-refractivity contribution in [2.45, 2.75) is 31.3 Å². The standard InChI is InChI=1S/C23H27N3O4/c1-24-22(29)21(20(28)14-27)26(2)23(30)17-8-6-15(7-9-17)16-10-12-19(13-11-16)25-18-4-3-5-18/h6-13,18,21,25,27H,3-5,14H2,1-2H3,(H,24,29). The van der Waals surface area contributed by atoms with Crippen molar-refractivity contribution in [2.24, 2.45) is 0 Å². The van der Waals surface area contributed by atoms with Gasteiger partial charge in [-0.25, -0.2) is 0 Å². The molecule has 1 aliphatic rings. The summed E-state index contributed by atoms with van der Waals surface area (Å²) in [5, 5.41) is 15.0. The molecule has 158 valence electrons. The normalized spacial score (nSPS) is 14.4. The lowest BCUT2D eigenvalue weighted by Crippen LogP contribution is -2.52. The van der Waals surface area contributed by atoms with Crippen LogP contribution in [0.2, 0.25) is 0 Å². The Morgan fingerprint density at radius 3 is 2.07 bits per heavy atom. The van der Waals surface area contributed by atoms with Gasteiger partial charge in [-0.05, 0) is 54.7 Å². The first kappa shape index (κ1) is 21.5. The van der Waals surface area contributed by atoms with Crippen LogP contribution in [0.1, 0.15) is 29.6 Å². The highest BCUT2D eigenvalue weighted by Gasteiger charge is 2.32. The number of hydrogen-bond donors (Lipinski definition) is 3. The first-order valence-corrected chi connectivity index (χ1v) is 10.0. The Balaban J connectivity index is 1.71. The van der Waals surface area contributed by atoms with Crippen molar-refractivity contribution in [2.75, 3.05) is 26.0 Å². The molecule has 0 aliphatic heterocycles. The van der Waals surface area contributed by atoms with Gasteiger partial charge >= 0.3 is 0 Å². The zero-order valence-electron chi connectivity index (χ0n) is 17.2. The molecule has 30 heavy (non-hydrogen) atoms. The van der Waals surface area contributed by atoms with Crippen molar-refractivity contribution in [1.82, 2.24) is 10.2 Å². The number of rotatable bonds is 8. The molecule has 0 heterocycles. The number of hydrogen-bond acceptors (Lipinski definition) is 5. The molecule has 1 aliphatic carbocycles. The molecule has 2 amide bonds. The maximum Gasteiger partial charge on any atom is 0.254 e. The fourth-order valence-corrected chi connectivity index (χ4v) is 3.43. The number of anilines is 1. The summed E-state index contributed by atoms with van der Waals surface area (Å²) < 4.78 is 0. The Morgan fingerprint density at radius 1 is 1.03 bits per heavy atom. The Bertz CT molecular complexity index is 889. The molecule has 1 saturated carbocycles. The smallest absolute Gasteiger partial charge is 0.254 e. The molecule has 0 spiro atoms. The van der Waals surface area contributed by atoms with Crippen LogP contribution < -0.4 is 10.6 Å². The zero-order valence-corrected chi connectivity index (χ0v) is 17.2. The topological polar surface area (TPSA) is 98.7 Å². The maximum atomic E-state index is 12.8. The van der Waals surface area contributed by atoms with E-state index in [1.54, 1.807) is 12.1 Å². The molecule has 1 fully saturated rings. The van der Waals surface area contributed by atoms with Crippen LogP contribution in [0, 0.1) is 0 Å². The average Bonchev–Trinajstić information content (AvgIpc) is 2.76. The zero-order chi connectivity index (χ0) is 21.7. The molecule has 1 atom stereocenters. The van der Waals surface area contributed by atoms with E-state index in [1.807, 2.05) is 24.3 Å². The van der Waals surface area contributed by atoms with Crippen LogP contribution in [0.5, 0.6) is 0 Å². The van der Waals surface area contributed by atoms with Gasteiger partial charge in [0.2, 0.25) is 5.91 Å². The van der Waals surface area contributed by atoms with Crippen LogP contribution in [0.25, 0.3) is 11.1 Å². The number of benzene rings is 2. The molecule has 0 radical (unpaired) electrons. The third kappa shape index (κ3) is 4.68. The molecule has 7 nitrogen and oxygen atoms in total. The molecule has 0 aromatic heterocycles. The number of ketones is 1. The fourth-order valence-electron chi connectivity index (χ4n) is 3.43. The van der Waals surface area contributed by atoms with Gasteiger partial charge in [-0.3, -0.25) is 14.4 Å². The van der Waals surface area contributed by atoms with Gasteiger partial charge in [-0.1, -0.05) is 24.3 Å². The molecule has 1 unspecified atom stereocenters. The molecule has 3 N–H and O–H groups in total. The lowest BCUT2D eigenvalue weighted by molar-refractivity contribution is -0.135. The first-order chi connectivity index (χ1) is 14.4. The van der Waals surface area contributed by atoms with Crippen LogP contribution >= 0.6 is 0 Å². The minimum atomic E-state index is -1.37. The van der Waals surface area contributed by atoms with Crippen molar-refractivity contribution in [3.8, 4) is 11.1 Å². The Hall–Kier alpha value is -3.19. The van der Waals surface area contributed by atoms with E-state index in [-0.39, 0.29) is 0 Å². The monoisotopic (exact) mass is 409 g/mol. The van der Waals surface area contributed by atoms with Gasteiger partial charge in [0.15, 0.2) is 11.8 Å². The van der Waals surface area contributed by atoms with Crippen molar-refractivity contribution in [3.05, 3.63) is 54.1 Å². The van der Waals surface area contributed by atoms with Gasteiger partial charge in [-0.2, -0.15) is 0 Å². The highest BCUT2D eigenvalue weighted by molar-refractivity contribution is 6.10. The van der Waals surface area contributed by atoms with E-state index < -0.39 is 30.2 Å². The van der Waals surface area contributed by atoms with E-state index in [0.717, 1.165) is 21.7 Å². The van der Waals surface area contributed by atoms with Crippen molar-refractivity contribution in [3.63, 3.8) is 0 Å². The van der Waals surface area contributed by atoms with Gasteiger partial charge in [0.25, 0.3) is 5.91 Å². The highest BCUT2D eigenvalue weighted by atomic mass is 16.3. The number of nitrogens with zero attached hydrogens (tertiary/aromatic N) is 1. The Morgan fingerprint density at radius 2 is 1.60 bits per heavy atom. The van der Waals surface area contributed by atoms with E-state index in [9.17, 15) is 14.4 Å². The number of carbonyl (C=O) groups excluding carboxylic acids is 3. The number of aliphatic hydroxyl groups excluding tert-OH is 1. The fraction of sp³-hybridized carbons (Fsp3) is 0.348. The number of carbonyl (C=O) groups is 3. The van der Waals surface area contributed by atoms with Gasteiger partial charge in [0.05, 0.1) is 0 Å². The summed E-state index contributed by atoms with van der Waals surface area (Å²) in [6.07, 6.45) is 3.72. The van der Waals surface area contributed by atoms with Crippen LogP contribution in [-0.2, 0) is 9.59 Å². The van der Waals surface area contributed by atoms with Crippen molar-refractivity contribution in [1.29, 1.82) is 0 Å². The molecule has 7 heteroatoms. The summed E-state index contributed by atoms with van der Waals surface area (Å²) in [5.74, 6) is -1.86. The largest absolute Gasteiger partial charge is 0.388 e. The molecule has 2 aromatic carbocycles. The predicted octanol–water partition coefficient (Wildman–Crippen LogP) is 2.07. The minimum absolute atomic E-state index is 0.351. The van der Waals surface area contributed by atoms with Crippen LogP contribution in [0.4, 0.5) is 5.69 Å². The van der Waals surface area contributed by atoms with E-state index in [1.165, 1.54) is 33.4 Å². The predicted molar refractivity (Wildman–Crippen MR) is 115 cm³/mol. The van der Waals surface area contributed by atoms with Gasteiger partial charge in [0.1, 0.15) is 6.61 Å². The third-order valence-electron chi connectivity index (χ3n) is 5.49. The van der Waals surface area contributed by atoms with Gasteiger partial charge in [-0.15, -0.1) is 0 Å². The third-order valence-corrected chi connectivity index (χ3v) is 5.49. The number of nitrogens with one attached hydrogen (secondary N) is 2. The second-order valence-corrected chi connectivity index (χ2v) is 7.48. The van der Waals surface area contributed by atoms with E-state index in [0.29, 0.717) is 11.6 Å². The second-order valence-electron chi connectivity index (χ2n) is 7.48. The quantitative estimate of drug-likeness (QED) is 0.580. The first-order valence-electron chi connectivity index (χ1n) is 10.0. The molecule has 3 rings (SSSR count). The van der Waals surface area contributed by atoms with Crippen molar-refractivity contribution < 1.29 is 19.5 Å². The lowest BCUT2D eigenvalue weighted by atomic mass is 9.93. The van der Waals surface area contributed by atoms with E-state index in [4.69, 9.17) is 5.11 Å². The average molecular weight is 409 g/mol. The summed E-state index contributed by atoms with van der Waals surface area (Å²) in [4.78, 5) is 37.7. The summed E-state index contributed by atoms with van der Waals surface area (Å²) in [6.45, 7) is -0.819. The number of amides is 2. The van der Waals surface area contributed by atoms with Crippen LogP contribution in [0.3, 0.4) is 0 Å². The van der Waals surface area contributed by atoms with Gasteiger partial charge < -0.3 is 20.6 Å². The highest BCUT2D eigenvalue weighted by Crippen LogP contribution is 2.26. The Kier molecular flexibility index (Phi) is 6.84. The molecule has 0 bridgehead atoms. The number of Topliss-reactive ketones (excluding diaryl/α,β-unsaturated/α-hetero) is 1.